The lowest BCUT2D eigenvalue weighted by atomic mass is 9.97. The molecule has 4 heteroatoms. The Morgan fingerprint density at radius 3 is 2.02 bits per heavy atom. The lowest BCUT2D eigenvalue weighted by Gasteiger charge is -2.09. The van der Waals surface area contributed by atoms with E-state index in [2.05, 4.69) is 72.4 Å². The van der Waals surface area contributed by atoms with Gasteiger partial charge in [-0.2, -0.15) is 0 Å². The van der Waals surface area contributed by atoms with Gasteiger partial charge in [0.05, 0.1) is 13.1 Å². The number of hydrogen-bond acceptors (Lipinski definition) is 2. The molecule has 3 aromatic carbocycles. The quantitative estimate of drug-likeness (QED) is 0.131. The molecule has 3 rings (SSSR count). The summed E-state index contributed by atoms with van der Waals surface area (Å²) in [6.45, 7) is 21.6. The zero-order valence-electron chi connectivity index (χ0n) is 23.1. The maximum absolute atomic E-state index is 6.19. The molecular formula is C36H36ClN3. The maximum Gasteiger partial charge on any atom is 0.154 e. The Labute approximate surface area is 244 Å². The molecule has 0 atom stereocenters. The molecule has 0 bridgehead atoms. The minimum Gasteiger partial charge on any atom is -0.296 e. The molecule has 0 aliphatic heterocycles. The molecule has 0 fully saturated rings. The SMILES string of the molecule is C=C/C=C(\C=C)CN=C(N=C)c1cccc(-c2cccc(/C(C=C)=C/C(Cl)=C\C)c2)c1.C=NCc1ccccc1. The third kappa shape index (κ3) is 10.3. The van der Waals surface area contributed by atoms with Crippen LogP contribution >= 0.6 is 11.6 Å². The summed E-state index contributed by atoms with van der Waals surface area (Å²) in [5.74, 6) is 0.585. The Balaban J connectivity index is 0.000000526. The van der Waals surface area contributed by atoms with Crippen molar-refractivity contribution in [2.75, 3.05) is 6.54 Å². The fraction of sp³-hybridized carbons (Fsp3) is 0.0833. The molecule has 0 amide bonds. The third-order valence-electron chi connectivity index (χ3n) is 5.73. The lowest BCUT2D eigenvalue weighted by Crippen LogP contribution is -1.99. The van der Waals surface area contributed by atoms with E-state index in [0.717, 1.165) is 39.9 Å². The smallest absolute Gasteiger partial charge is 0.154 e. The molecule has 0 N–H and O–H groups in total. The van der Waals surface area contributed by atoms with Gasteiger partial charge in [-0.1, -0.05) is 128 Å². The van der Waals surface area contributed by atoms with Crippen molar-refractivity contribution in [1.29, 1.82) is 0 Å². The first-order chi connectivity index (χ1) is 19.5. The van der Waals surface area contributed by atoms with Crippen LogP contribution in [0.2, 0.25) is 0 Å². The van der Waals surface area contributed by atoms with E-state index in [-0.39, 0.29) is 0 Å². The normalized spacial score (nSPS) is 12.1. The number of rotatable bonds is 11. The van der Waals surface area contributed by atoms with Gasteiger partial charge < -0.3 is 0 Å². The van der Waals surface area contributed by atoms with Crippen LogP contribution in [0, 0.1) is 0 Å². The van der Waals surface area contributed by atoms with Crippen LogP contribution in [0.3, 0.4) is 0 Å². The molecule has 0 radical (unpaired) electrons. The number of halogens is 1. The van der Waals surface area contributed by atoms with Gasteiger partial charge in [-0.25, -0.2) is 4.99 Å². The number of benzene rings is 3. The summed E-state index contributed by atoms with van der Waals surface area (Å²) in [5, 5.41) is 0.671. The van der Waals surface area contributed by atoms with E-state index in [1.807, 2.05) is 85.8 Å². The van der Waals surface area contributed by atoms with Gasteiger partial charge in [-0.3, -0.25) is 9.98 Å². The number of allylic oxidation sites excluding steroid dienone is 7. The van der Waals surface area contributed by atoms with Gasteiger partial charge >= 0.3 is 0 Å². The largest absolute Gasteiger partial charge is 0.296 e. The van der Waals surface area contributed by atoms with E-state index < -0.39 is 0 Å². The first-order valence-corrected chi connectivity index (χ1v) is 13.2. The fourth-order valence-electron chi connectivity index (χ4n) is 3.66. The monoisotopic (exact) mass is 545 g/mol. The second-order valence-corrected chi connectivity index (χ2v) is 8.92. The molecule has 0 heterocycles. The van der Waals surface area contributed by atoms with E-state index in [0.29, 0.717) is 17.4 Å². The summed E-state index contributed by atoms with van der Waals surface area (Å²) >= 11 is 6.19. The van der Waals surface area contributed by atoms with E-state index in [1.54, 1.807) is 12.2 Å². The number of hydrogen-bond donors (Lipinski definition) is 0. The van der Waals surface area contributed by atoms with Crippen molar-refractivity contribution in [1.82, 2.24) is 0 Å². The molecule has 3 nitrogen and oxygen atoms in total. The molecule has 0 aliphatic carbocycles. The van der Waals surface area contributed by atoms with E-state index >= 15 is 0 Å². The molecule has 0 aromatic heterocycles. The van der Waals surface area contributed by atoms with Crippen molar-refractivity contribution in [3.05, 3.63) is 162 Å². The molecule has 202 valence electrons. The predicted molar refractivity (Wildman–Crippen MR) is 179 cm³/mol. The summed E-state index contributed by atoms with van der Waals surface area (Å²) in [7, 11) is 0. The highest BCUT2D eigenvalue weighted by atomic mass is 35.5. The van der Waals surface area contributed by atoms with Gasteiger partial charge in [-0.05, 0) is 72.0 Å². The number of nitrogens with zero attached hydrogens (tertiary/aromatic N) is 3. The van der Waals surface area contributed by atoms with Crippen LogP contribution in [0.1, 0.15) is 23.6 Å². The van der Waals surface area contributed by atoms with Crippen molar-refractivity contribution in [3.8, 4) is 11.1 Å². The van der Waals surface area contributed by atoms with Gasteiger partial charge in [0.25, 0.3) is 0 Å². The minimum atomic E-state index is 0.461. The molecule has 0 saturated carbocycles. The Morgan fingerprint density at radius 1 is 0.825 bits per heavy atom. The highest BCUT2D eigenvalue weighted by Gasteiger charge is 2.06. The summed E-state index contributed by atoms with van der Waals surface area (Å²) in [5.41, 5.74) is 7.21. The van der Waals surface area contributed by atoms with Gasteiger partial charge in [0.2, 0.25) is 0 Å². The fourth-order valence-corrected chi connectivity index (χ4v) is 3.77. The van der Waals surface area contributed by atoms with Crippen molar-refractivity contribution in [2.45, 2.75) is 13.5 Å². The van der Waals surface area contributed by atoms with Crippen LogP contribution in [0.4, 0.5) is 0 Å². The molecule has 0 aliphatic rings. The summed E-state index contributed by atoms with van der Waals surface area (Å²) in [4.78, 5) is 12.5. The molecule has 0 saturated heterocycles. The summed E-state index contributed by atoms with van der Waals surface area (Å²) in [6.07, 6.45) is 10.9. The minimum absolute atomic E-state index is 0.461. The van der Waals surface area contributed by atoms with Crippen LogP contribution < -0.4 is 0 Å². The van der Waals surface area contributed by atoms with Crippen molar-refractivity contribution >= 4 is 36.4 Å². The Kier molecular flexibility index (Phi) is 14.1. The van der Waals surface area contributed by atoms with Gasteiger partial charge in [0.1, 0.15) is 0 Å². The Morgan fingerprint density at radius 2 is 1.48 bits per heavy atom. The maximum atomic E-state index is 6.19. The first kappa shape index (κ1) is 31.6. The Bertz CT molecular complexity index is 1440. The number of amidine groups is 1. The second-order valence-electron chi connectivity index (χ2n) is 8.49. The van der Waals surface area contributed by atoms with Crippen molar-refractivity contribution in [3.63, 3.8) is 0 Å². The van der Waals surface area contributed by atoms with Crippen LogP contribution in [0.25, 0.3) is 16.7 Å². The highest BCUT2D eigenvalue weighted by molar-refractivity contribution is 6.31. The van der Waals surface area contributed by atoms with Gasteiger partial charge in [0.15, 0.2) is 5.84 Å². The summed E-state index contributed by atoms with van der Waals surface area (Å²) in [6, 6.07) is 26.4. The zero-order valence-corrected chi connectivity index (χ0v) is 23.9. The predicted octanol–water partition coefficient (Wildman–Crippen LogP) is 9.70. The highest BCUT2D eigenvalue weighted by Crippen LogP contribution is 2.26. The van der Waals surface area contributed by atoms with Gasteiger partial charge in [0, 0.05) is 10.6 Å². The van der Waals surface area contributed by atoms with E-state index in [1.165, 1.54) is 5.56 Å². The van der Waals surface area contributed by atoms with Crippen molar-refractivity contribution in [2.24, 2.45) is 15.0 Å². The van der Waals surface area contributed by atoms with Crippen LogP contribution in [-0.4, -0.2) is 25.8 Å². The summed E-state index contributed by atoms with van der Waals surface area (Å²) < 4.78 is 0. The zero-order chi connectivity index (χ0) is 29.2. The van der Waals surface area contributed by atoms with Crippen molar-refractivity contribution < 1.29 is 0 Å². The molecule has 0 unspecified atom stereocenters. The van der Waals surface area contributed by atoms with Crippen LogP contribution in [0.15, 0.2) is 161 Å². The average molecular weight is 546 g/mol. The van der Waals surface area contributed by atoms with Crippen LogP contribution in [0.5, 0.6) is 0 Å². The van der Waals surface area contributed by atoms with E-state index in [4.69, 9.17) is 11.6 Å². The Hall–Kier alpha value is -4.60. The standard InChI is InChI=1S/C28H27ClN2.C8H9N/c1-6-12-21(7-2)20-31-28(30-5)26-16-11-15-25(18-26)24-14-10-13-23(17-24)22(8-3)19-27(29)9-4;1-9-7-8-5-3-2-4-6-8/h6-19H,1-3,5,20H2,4H3;2-6H,1,7H2/b21-12+,22-19+,27-9+,31-28?;. The topological polar surface area (TPSA) is 37.1 Å². The number of aliphatic imine (C=N–C) groups is 3. The first-order valence-electron chi connectivity index (χ1n) is 12.8. The van der Waals surface area contributed by atoms with E-state index in [9.17, 15) is 0 Å². The lowest BCUT2D eigenvalue weighted by molar-refractivity contribution is 1.08. The van der Waals surface area contributed by atoms with Gasteiger partial charge in [-0.15, -0.1) is 0 Å². The van der Waals surface area contributed by atoms with Crippen LogP contribution in [-0.2, 0) is 6.54 Å². The average Bonchev–Trinajstić information content (AvgIpc) is 3.00. The molecule has 40 heavy (non-hydrogen) atoms. The molecule has 0 spiro atoms. The second kappa shape index (κ2) is 17.8. The molecular weight excluding hydrogens is 510 g/mol. The molecule has 3 aromatic rings. The third-order valence-corrected chi connectivity index (χ3v) is 6.06.